The molecule has 39 heavy (non-hydrogen) atoms. The molecule has 0 unspecified atom stereocenters. The smallest absolute Gasteiger partial charge is 0.198 e. The summed E-state index contributed by atoms with van der Waals surface area (Å²) >= 11 is 1.42. The van der Waals surface area contributed by atoms with Crippen molar-refractivity contribution in [3.63, 3.8) is 0 Å². The summed E-state index contributed by atoms with van der Waals surface area (Å²) in [6.07, 6.45) is 0.844. The van der Waals surface area contributed by atoms with Crippen LogP contribution in [0.4, 0.5) is 0 Å². The van der Waals surface area contributed by atoms with Gasteiger partial charge < -0.3 is 19.9 Å². The van der Waals surface area contributed by atoms with Crippen LogP contribution >= 0.6 is 11.3 Å². The van der Waals surface area contributed by atoms with Crippen LogP contribution in [0.25, 0.3) is 10.1 Å². The van der Waals surface area contributed by atoms with Crippen LogP contribution in [0.1, 0.15) is 31.9 Å². The third-order valence-electron chi connectivity index (χ3n) is 6.40. The number of ether oxygens (including phenoxy) is 2. The van der Waals surface area contributed by atoms with E-state index >= 15 is 0 Å². The fourth-order valence-electron chi connectivity index (χ4n) is 4.29. The second-order valence-electron chi connectivity index (χ2n) is 9.32. The van der Waals surface area contributed by atoms with Crippen molar-refractivity contribution < 1.29 is 19.4 Å². The van der Waals surface area contributed by atoms with Crippen LogP contribution in [0.2, 0.25) is 0 Å². The van der Waals surface area contributed by atoms with Crippen molar-refractivity contribution in [2.75, 3.05) is 13.2 Å². The Morgan fingerprint density at radius 2 is 1.38 bits per heavy atom. The summed E-state index contributed by atoms with van der Waals surface area (Å²) in [4.78, 5) is 12.4. The van der Waals surface area contributed by atoms with Crippen molar-refractivity contribution in [1.82, 2.24) is 5.32 Å². The average molecular weight is 538 g/mol. The molecule has 0 spiro atoms. The zero-order chi connectivity index (χ0) is 26.9. The molecule has 0 radical (unpaired) electrons. The third-order valence-corrected chi connectivity index (χ3v) is 7.56. The highest BCUT2D eigenvalue weighted by Gasteiger charge is 2.11. The first kappa shape index (κ1) is 26.6. The van der Waals surface area contributed by atoms with E-state index in [0.717, 1.165) is 63.3 Å². The van der Waals surface area contributed by atoms with Crippen molar-refractivity contribution in [3.8, 4) is 11.5 Å². The molecule has 0 aliphatic carbocycles. The number of hydrogen-bond acceptors (Lipinski definition) is 6. The number of rotatable bonds is 13. The zero-order valence-corrected chi connectivity index (χ0v) is 22.5. The van der Waals surface area contributed by atoms with Gasteiger partial charge in [-0.3, -0.25) is 4.79 Å². The van der Waals surface area contributed by atoms with Gasteiger partial charge in [-0.25, -0.2) is 0 Å². The number of hydrogen-bond donors (Lipinski definition) is 2. The van der Waals surface area contributed by atoms with Gasteiger partial charge >= 0.3 is 0 Å². The number of nitrogens with one attached hydrogen (secondary N) is 1. The maximum absolute atomic E-state index is 11.8. The number of fused-ring (bicyclic) bond motifs is 1. The maximum atomic E-state index is 11.8. The molecule has 0 atom stereocenters. The Bertz CT molecular complexity index is 1520. The lowest BCUT2D eigenvalue weighted by molar-refractivity contribution is 0.0908. The summed E-state index contributed by atoms with van der Waals surface area (Å²) in [5.74, 6) is 1.23. The molecule has 0 aliphatic rings. The predicted octanol–water partition coefficient (Wildman–Crippen LogP) is 6.57. The lowest BCUT2D eigenvalue weighted by Crippen LogP contribution is -2.16. The molecule has 6 heteroatoms. The topological polar surface area (TPSA) is 67.8 Å². The van der Waals surface area contributed by atoms with Crippen molar-refractivity contribution in [3.05, 3.63) is 130 Å². The van der Waals surface area contributed by atoms with Gasteiger partial charge in [0.25, 0.3) is 0 Å². The molecule has 5 rings (SSSR count). The number of aliphatic hydroxyl groups excluding tert-OH is 1. The highest BCUT2D eigenvalue weighted by atomic mass is 32.1. The summed E-state index contributed by atoms with van der Waals surface area (Å²) in [5, 5.41) is 13.7. The lowest BCUT2D eigenvalue weighted by atomic mass is 10.1. The number of carbonyl (C=O) groups is 1. The summed E-state index contributed by atoms with van der Waals surface area (Å²) in [5.41, 5.74) is 4.53. The molecule has 0 fully saturated rings. The molecule has 2 N–H and O–H groups in total. The number of aliphatic hydroxyl groups is 1. The minimum atomic E-state index is -0.458. The summed E-state index contributed by atoms with van der Waals surface area (Å²) in [7, 11) is 0. The summed E-state index contributed by atoms with van der Waals surface area (Å²) in [6.45, 7) is 2.03. The molecule has 1 aromatic heterocycles. The minimum Gasteiger partial charge on any atom is -0.485 e. The molecule has 0 saturated carbocycles. The molecule has 0 amide bonds. The molecule has 5 nitrogen and oxygen atoms in total. The van der Waals surface area contributed by atoms with Crippen molar-refractivity contribution >= 4 is 27.2 Å². The number of thiophene rings is 1. The van der Waals surface area contributed by atoms with E-state index in [0.29, 0.717) is 18.1 Å². The van der Waals surface area contributed by atoms with Crippen LogP contribution < -0.4 is 14.8 Å². The monoisotopic (exact) mass is 537 g/mol. The van der Waals surface area contributed by atoms with E-state index in [4.69, 9.17) is 14.6 Å². The molecule has 0 saturated heterocycles. The number of carbonyl (C=O) groups excluding carboxylic acids is 1. The fraction of sp³-hybridized carbons (Fsp3) is 0.182. The van der Waals surface area contributed by atoms with Crippen molar-refractivity contribution in [2.24, 2.45) is 0 Å². The predicted molar refractivity (Wildman–Crippen MR) is 157 cm³/mol. The quantitative estimate of drug-likeness (QED) is 0.131. The second kappa shape index (κ2) is 13.2. The zero-order valence-electron chi connectivity index (χ0n) is 21.6. The highest BCUT2D eigenvalue weighted by molar-refractivity contribution is 7.20. The Hall–Kier alpha value is -3.97. The van der Waals surface area contributed by atoms with Crippen LogP contribution in [0.5, 0.6) is 11.5 Å². The third kappa shape index (κ3) is 7.33. The first-order valence-electron chi connectivity index (χ1n) is 13.0. The van der Waals surface area contributed by atoms with Gasteiger partial charge in [0.05, 0.1) is 4.88 Å². The van der Waals surface area contributed by atoms with Gasteiger partial charge in [0.1, 0.15) is 19.8 Å². The largest absolute Gasteiger partial charge is 0.485 e. The number of Topliss-reactive ketones (excluding diaryl/α,β-unsaturated/α-hetero) is 1. The molecule has 1 heterocycles. The lowest BCUT2D eigenvalue weighted by Gasteiger charge is -2.15. The standard InChI is InChI=1S/C33H31NO4S/c35-21-29(36)33-19-28-17-27(12-14-32(28)39-33)20-34-16-15-24-11-13-30(37-22-25-7-3-1-4-8-25)31(18-24)38-23-26-9-5-2-6-10-26/h1-14,17-19,34-35H,15-16,20-23H2. The first-order valence-corrected chi connectivity index (χ1v) is 13.8. The van der Waals surface area contributed by atoms with Crippen LogP contribution in [0.3, 0.4) is 0 Å². The Morgan fingerprint density at radius 1 is 0.718 bits per heavy atom. The van der Waals surface area contributed by atoms with E-state index in [1.54, 1.807) is 0 Å². The highest BCUT2D eigenvalue weighted by Crippen LogP contribution is 2.30. The Morgan fingerprint density at radius 3 is 2.08 bits per heavy atom. The van der Waals surface area contributed by atoms with E-state index in [1.165, 1.54) is 11.3 Å². The van der Waals surface area contributed by atoms with E-state index in [9.17, 15) is 4.79 Å². The van der Waals surface area contributed by atoms with Gasteiger partial charge in [-0.15, -0.1) is 11.3 Å². The molecule has 0 bridgehead atoms. The molecule has 4 aromatic carbocycles. The van der Waals surface area contributed by atoms with Gasteiger partial charge in [0, 0.05) is 11.2 Å². The van der Waals surface area contributed by atoms with E-state index in [1.807, 2.05) is 66.7 Å². The molecular formula is C33H31NO4S. The van der Waals surface area contributed by atoms with Crippen LogP contribution in [0.15, 0.2) is 103 Å². The van der Waals surface area contributed by atoms with Crippen LogP contribution in [-0.4, -0.2) is 24.0 Å². The molecule has 5 aromatic rings. The molecular weight excluding hydrogens is 506 g/mol. The van der Waals surface area contributed by atoms with Gasteiger partial charge in [0.2, 0.25) is 0 Å². The van der Waals surface area contributed by atoms with E-state index in [-0.39, 0.29) is 5.78 Å². The normalized spacial score (nSPS) is 11.0. The number of ketones is 1. The van der Waals surface area contributed by atoms with Gasteiger partial charge in [-0.05, 0) is 70.9 Å². The SMILES string of the molecule is O=C(CO)c1cc2cc(CNCCc3ccc(OCc4ccccc4)c(OCc4ccccc4)c3)ccc2s1. The summed E-state index contributed by atoms with van der Waals surface area (Å²) < 4.78 is 13.4. The van der Waals surface area contributed by atoms with Gasteiger partial charge in [-0.1, -0.05) is 72.8 Å². The van der Waals surface area contributed by atoms with E-state index in [2.05, 4.69) is 41.7 Å². The summed E-state index contributed by atoms with van der Waals surface area (Å²) in [6, 6.07) is 34.5. The molecule has 0 aliphatic heterocycles. The van der Waals surface area contributed by atoms with Crippen molar-refractivity contribution in [2.45, 2.75) is 26.2 Å². The van der Waals surface area contributed by atoms with Crippen molar-refractivity contribution in [1.29, 1.82) is 0 Å². The molecule has 198 valence electrons. The Balaban J connectivity index is 1.20. The average Bonchev–Trinajstić information content (AvgIpc) is 3.42. The first-order chi connectivity index (χ1) is 19.2. The second-order valence-corrected chi connectivity index (χ2v) is 10.4. The number of benzene rings is 4. The fourth-order valence-corrected chi connectivity index (χ4v) is 5.27. The Labute approximate surface area is 232 Å². The maximum Gasteiger partial charge on any atom is 0.198 e. The van der Waals surface area contributed by atoms with Gasteiger partial charge in [-0.2, -0.15) is 0 Å². The minimum absolute atomic E-state index is 0.237. The van der Waals surface area contributed by atoms with E-state index < -0.39 is 6.61 Å². The van der Waals surface area contributed by atoms with Crippen LogP contribution in [-0.2, 0) is 26.2 Å². The Kier molecular flexibility index (Phi) is 9.01. The van der Waals surface area contributed by atoms with Gasteiger partial charge in [0.15, 0.2) is 17.3 Å². The van der Waals surface area contributed by atoms with Crippen LogP contribution in [0, 0.1) is 0 Å².